The molecule has 0 atom stereocenters. The van der Waals surface area contributed by atoms with Crippen LogP contribution in [0.5, 0.6) is 5.75 Å². The van der Waals surface area contributed by atoms with Crippen LogP contribution in [-0.4, -0.2) is 28.2 Å². The number of carbonyl (C=O) groups is 1. The van der Waals surface area contributed by atoms with Crippen molar-refractivity contribution >= 4 is 17.0 Å². The number of imidazole rings is 1. The summed E-state index contributed by atoms with van der Waals surface area (Å²) >= 11 is 0. The van der Waals surface area contributed by atoms with Gasteiger partial charge in [0.1, 0.15) is 22.6 Å². The Kier molecular flexibility index (Phi) is 3.69. The number of carboxylic acids is 1. The third-order valence-electron chi connectivity index (χ3n) is 3.56. The number of methoxy groups -OCH3 is 1. The molecule has 6 heteroatoms. The first-order chi connectivity index (χ1) is 11.1. The number of H-pyrrole nitrogens is 1. The minimum atomic E-state index is -1.03. The maximum absolute atomic E-state index is 11.3. The van der Waals surface area contributed by atoms with Crippen molar-refractivity contribution in [3.05, 3.63) is 58.9 Å². The standard InChI is InChI=1S/C17H13N3O3/c1-23-13-7-6-12(17(21)22)15-16(13)20-14(19-15)8-10-2-4-11(9-18)5-3-10/h2-7H,8H2,1H3,(H,19,20)(H,21,22). The number of nitrogens with one attached hydrogen (secondary N) is 1. The highest BCUT2D eigenvalue weighted by atomic mass is 16.5. The van der Waals surface area contributed by atoms with Crippen LogP contribution >= 0.6 is 0 Å². The molecule has 114 valence electrons. The lowest BCUT2D eigenvalue weighted by atomic mass is 10.1. The zero-order valence-electron chi connectivity index (χ0n) is 12.3. The molecule has 0 unspecified atom stereocenters. The second-order valence-corrected chi connectivity index (χ2v) is 5.01. The van der Waals surface area contributed by atoms with E-state index in [-0.39, 0.29) is 5.56 Å². The van der Waals surface area contributed by atoms with E-state index in [2.05, 4.69) is 16.0 Å². The van der Waals surface area contributed by atoms with E-state index in [0.29, 0.717) is 34.6 Å². The van der Waals surface area contributed by atoms with E-state index in [1.807, 2.05) is 12.1 Å². The Bertz CT molecular complexity index is 921. The fourth-order valence-electron chi connectivity index (χ4n) is 2.43. The van der Waals surface area contributed by atoms with Gasteiger partial charge in [0.2, 0.25) is 0 Å². The van der Waals surface area contributed by atoms with Gasteiger partial charge in [-0.2, -0.15) is 5.26 Å². The summed E-state index contributed by atoms with van der Waals surface area (Å²) in [5, 5.41) is 18.1. The second kappa shape index (κ2) is 5.81. The molecule has 1 aromatic heterocycles. The first-order valence-corrected chi connectivity index (χ1v) is 6.90. The zero-order chi connectivity index (χ0) is 16.4. The molecule has 0 bridgehead atoms. The lowest BCUT2D eigenvalue weighted by molar-refractivity contribution is 0.0699. The SMILES string of the molecule is COc1ccc(C(=O)O)c2nc(Cc3ccc(C#N)cc3)[nH]c12. The number of aromatic nitrogens is 2. The molecule has 0 fully saturated rings. The molecular weight excluding hydrogens is 294 g/mol. The van der Waals surface area contributed by atoms with Crippen molar-refractivity contribution < 1.29 is 14.6 Å². The molecule has 0 spiro atoms. The predicted octanol–water partition coefficient (Wildman–Crippen LogP) is 2.73. The van der Waals surface area contributed by atoms with Crippen LogP contribution in [0.15, 0.2) is 36.4 Å². The molecule has 0 aliphatic carbocycles. The minimum Gasteiger partial charge on any atom is -0.494 e. The third-order valence-corrected chi connectivity index (χ3v) is 3.56. The van der Waals surface area contributed by atoms with Crippen molar-refractivity contribution in [3.8, 4) is 11.8 Å². The van der Waals surface area contributed by atoms with Crippen molar-refractivity contribution in [1.29, 1.82) is 5.26 Å². The number of benzene rings is 2. The Hall–Kier alpha value is -3.33. The number of aromatic carboxylic acids is 1. The Morgan fingerprint density at radius 1 is 1.30 bits per heavy atom. The van der Waals surface area contributed by atoms with E-state index >= 15 is 0 Å². The van der Waals surface area contributed by atoms with Gasteiger partial charge in [0.25, 0.3) is 0 Å². The van der Waals surface area contributed by atoms with E-state index < -0.39 is 5.97 Å². The highest BCUT2D eigenvalue weighted by molar-refractivity contribution is 6.02. The van der Waals surface area contributed by atoms with Gasteiger partial charge in [-0.15, -0.1) is 0 Å². The van der Waals surface area contributed by atoms with E-state index in [1.54, 1.807) is 18.2 Å². The van der Waals surface area contributed by atoms with E-state index in [4.69, 9.17) is 10.00 Å². The monoisotopic (exact) mass is 307 g/mol. The summed E-state index contributed by atoms with van der Waals surface area (Å²) < 4.78 is 5.26. The van der Waals surface area contributed by atoms with Gasteiger partial charge in [0.05, 0.1) is 24.3 Å². The molecular formula is C17H13N3O3. The van der Waals surface area contributed by atoms with Crippen molar-refractivity contribution in [3.63, 3.8) is 0 Å². The van der Waals surface area contributed by atoms with Gasteiger partial charge in [-0.3, -0.25) is 0 Å². The van der Waals surface area contributed by atoms with E-state index in [0.717, 1.165) is 5.56 Å². The van der Waals surface area contributed by atoms with Crippen molar-refractivity contribution in [2.24, 2.45) is 0 Å². The summed E-state index contributed by atoms with van der Waals surface area (Å²) in [6.07, 6.45) is 0.503. The van der Waals surface area contributed by atoms with Gasteiger partial charge in [-0.25, -0.2) is 9.78 Å². The van der Waals surface area contributed by atoms with Crippen molar-refractivity contribution in [2.75, 3.05) is 7.11 Å². The van der Waals surface area contributed by atoms with Crippen molar-refractivity contribution in [1.82, 2.24) is 9.97 Å². The first kappa shape index (κ1) is 14.6. The van der Waals surface area contributed by atoms with Gasteiger partial charge in [-0.05, 0) is 29.8 Å². The summed E-state index contributed by atoms with van der Waals surface area (Å²) in [4.78, 5) is 18.8. The Labute approximate surface area is 132 Å². The summed E-state index contributed by atoms with van der Waals surface area (Å²) in [6, 6.07) is 12.3. The number of aromatic amines is 1. The van der Waals surface area contributed by atoms with Crippen LogP contribution in [0.2, 0.25) is 0 Å². The van der Waals surface area contributed by atoms with Gasteiger partial charge in [0.15, 0.2) is 0 Å². The summed E-state index contributed by atoms with van der Waals surface area (Å²) in [5.41, 5.74) is 2.63. The quantitative estimate of drug-likeness (QED) is 0.772. The van der Waals surface area contributed by atoms with Crippen LogP contribution in [0.3, 0.4) is 0 Å². The molecule has 3 aromatic rings. The zero-order valence-corrected chi connectivity index (χ0v) is 12.3. The average molecular weight is 307 g/mol. The van der Waals surface area contributed by atoms with Crippen LogP contribution in [0.25, 0.3) is 11.0 Å². The molecule has 0 saturated heterocycles. The smallest absolute Gasteiger partial charge is 0.337 e. The number of carboxylic acid groups (broad SMARTS) is 1. The summed E-state index contributed by atoms with van der Waals surface area (Å²) in [5.74, 6) is 0.148. The number of nitriles is 1. The fraction of sp³-hybridized carbons (Fsp3) is 0.118. The average Bonchev–Trinajstić information content (AvgIpc) is 2.97. The molecule has 23 heavy (non-hydrogen) atoms. The van der Waals surface area contributed by atoms with Crippen LogP contribution in [-0.2, 0) is 6.42 Å². The van der Waals surface area contributed by atoms with Gasteiger partial charge in [-0.1, -0.05) is 12.1 Å². The summed E-state index contributed by atoms with van der Waals surface area (Å²) in [6.45, 7) is 0. The highest BCUT2D eigenvalue weighted by Gasteiger charge is 2.16. The molecule has 0 aliphatic heterocycles. The molecule has 1 heterocycles. The lowest BCUT2D eigenvalue weighted by Crippen LogP contribution is -1.98. The third kappa shape index (κ3) is 2.72. The lowest BCUT2D eigenvalue weighted by Gasteiger charge is -2.02. The number of nitrogens with zero attached hydrogens (tertiary/aromatic N) is 2. The van der Waals surface area contributed by atoms with Crippen LogP contribution in [0.1, 0.15) is 27.3 Å². The number of hydrogen-bond acceptors (Lipinski definition) is 4. The number of rotatable bonds is 4. The Balaban J connectivity index is 2.03. The maximum Gasteiger partial charge on any atom is 0.337 e. The molecule has 2 aromatic carbocycles. The van der Waals surface area contributed by atoms with Gasteiger partial charge in [0, 0.05) is 6.42 Å². The number of ether oxygens (including phenoxy) is 1. The van der Waals surface area contributed by atoms with E-state index in [1.165, 1.54) is 13.2 Å². The minimum absolute atomic E-state index is 0.128. The van der Waals surface area contributed by atoms with E-state index in [9.17, 15) is 9.90 Å². The molecule has 3 rings (SSSR count). The molecule has 0 amide bonds. The molecule has 2 N–H and O–H groups in total. The summed E-state index contributed by atoms with van der Waals surface area (Å²) in [7, 11) is 1.52. The molecule has 0 saturated carbocycles. The highest BCUT2D eigenvalue weighted by Crippen LogP contribution is 2.27. The maximum atomic E-state index is 11.3. The first-order valence-electron chi connectivity index (χ1n) is 6.90. The van der Waals surface area contributed by atoms with Crippen LogP contribution in [0, 0.1) is 11.3 Å². The number of hydrogen-bond donors (Lipinski definition) is 2. The van der Waals surface area contributed by atoms with Gasteiger partial charge >= 0.3 is 5.97 Å². The fourth-order valence-corrected chi connectivity index (χ4v) is 2.43. The Morgan fingerprint density at radius 3 is 2.65 bits per heavy atom. The second-order valence-electron chi connectivity index (χ2n) is 5.01. The predicted molar refractivity (Wildman–Crippen MR) is 83.6 cm³/mol. The number of fused-ring (bicyclic) bond motifs is 1. The van der Waals surface area contributed by atoms with Gasteiger partial charge < -0.3 is 14.8 Å². The molecule has 6 nitrogen and oxygen atoms in total. The topological polar surface area (TPSA) is 99.0 Å². The molecule has 0 radical (unpaired) electrons. The largest absolute Gasteiger partial charge is 0.494 e. The van der Waals surface area contributed by atoms with Crippen LogP contribution in [0.4, 0.5) is 0 Å². The Morgan fingerprint density at radius 2 is 2.04 bits per heavy atom. The van der Waals surface area contributed by atoms with Crippen LogP contribution < -0.4 is 4.74 Å². The normalized spacial score (nSPS) is 10.4. The van der Waals surface area contributed by atoms with Crippen molar-refractivity contribution in [2.45, 2.75) is 6.42 Å². The molecule has 0 aliphatic rings.